The van der Waals surface area contributed by atoms with Crippen molar-refractivity contribution >= 4 is 0 Å². The summed E-state index contributed by atoms with van der Waals surface area (Å²) in [4.78, 5) is 0. The van der Waals surface area contributed by atoms with E-state index in [1.807, 2.05) is 0 Å². The van der Waals surface area contributed by atoms with Crippen LogP contribution in [0, 0.1) is 0 Å². The monoisotopic (exact) mass is 114 g/mol. The molecule has 1 fully saturated rings. The predicted octanol–water partition coefficient (Wildman–Crippen LogP) is 1.40. The molecule has 1 nitrogen and oxygen atoms in total. The Morgan fingerprint density at radius 2 is 2.62 bits per heavy atom. The second-order valence-electron chi connectivity index (χ2n) is 2.34. The summed E-state index contributed by atoms with van der Waals surface area (Å²) in [6.45, 7) is 0. The zero-order chi connectivity index (χ0) is 5.61. The topological polar surface area (TPSA) is 9.23 Å². The highest BCUT2D eigenvalue weighted by Gasteiger charge is 2.41. The molecule has 0 radical (unpaired) electrons. The Labute approximate surface area is 47.1 Å². The van der Waals surface area contributed by atoms with Gasteiger partial charge in [-0.1, -0.05) is 6.08 Å². The molecule has 2 heterocycles. The maximum atomic E-state index is 12.8. The Balaban J connectivity index is 2.33. The van der Waals surface area contributed by atoms with Gasteiger partial charge in [0, 0.05) is 6.42 Å². The molecular weight excluding hydrogens is 107 g/mol. The molecule has 0 aliphatic carbocycles. The van der Waals surface area contributed by atoms with Crippen molar-refractivity contribution in [2.24, 2.45) is 0 Å². The molecular formula is C6H7FO. The van der Waals surface area contributed by atoms with E-state index in [9.17, 15) is 4.39 Å². The van der Waals surface area contributed by atoms with Crippen LogP contribution in [0.15, 0.2) is 12.2 Å². The molecule has 0 saturated carbocycles. The quantitative estimate of drug-likeness (QED) is 0.432. The van der Waals surface area contributed by atoms with Gasteiger partial charge in [0.1, 0.15) is 0 Å². The second kappa shape index (κ2) is 1.13. The maximum Gasteiger partial charge on any atom is 0.229 e. The van der Waals surface area contributed by atoms with Gasteiger partial charge in [0.15, 0.2) is 0 Å². The van der Waals surface area contributed by atoms with Gasteiger partial charge in [-0.05, 0) is 12.5 Å². The summed E-state index contributed by atoms with van der Waals surface area (Å²) in [5.41, 5.74) is 0. The molecule has 2 bridgehead atoms. The molecule has 2 aliphatic rings. The van der Waals surface area contributed by atoms with E-state index in [-0.39, 0.29) is 6.10 Å². The first-order chi connectivity index (χ1) is 3.79. The molecule has 0 aromatic carbocycles. The third kappa shape index (κ3) is 0.436. The van der Waals surface area contributed by atoms with Crippen molar-refractivity contribution in [1.82, 2.24) is 0 Å². The van der Waals surface area contributed by atoms with Crippen molar-refractivity contribution in [3.63, 3.8) is 0 Å². The van der Waals surface area contributed by atoms with E-state index in [0.717, 1.165) is 6.42 Å². The fraction of sp³-hybridized carbons (Fsp3) is 0.667. The lowest BCUT2D eigenvalue weighted by molar-refractivity contribution is -0.0679. The van der Waals surface area contributed by atoms with Crippen molar-refractivity contribution < 1.29 is 9.13 Å². The minimum absolute atomic E-state index is 0.0833. The predicted molar refractivity (Wildman–Crippen MR) is 27.1 cm³/mol. The van der Waals surface area contributed by atoms with Gasteiger partial charge >= 0.3 is 0 Å². The number of alkyl halides is 1. The van der Waals surface area contributed by atoms with Crippen molar-refractivity contribution in [2.45, 2.75) is 24.8 Å². The lowest BCUT2D eigenvalue weighted by Gasteiger charge is -2.07. The molecule has 2 rings (SSSR count). The standard InChI is InChI=1S/C6H7FO/c7-6-3-1-5(8-6)2-4-6/h1,3,5H,2,4H2. The van der Waals surface area contributed by atoms with Gasteiger partial charge in [0.25, 0.3) is 0 Å². The highest BCUT2D eigenvalue weighted by molar-refractivity contribution is 5.11. The van der Waals surface area contributed by atoms with E-state index in [1.54, 1.807) is 6.08 Å². The third-order valence-electron chi connectivity index (χ3n) is 1.68. The minimum atomic E-state index is -1.37. The first-order valence-corrected chi connectivity index (χ1v) is 2.85. The normalized spacial score (nSPS) is 50.9. The van der Waals surface area contributed by atoms with Crippen LogP contribution in [0.5, 0.6) is 0 Å². The van der Waals surface area contributed by atoms with Gasteiger partial charge in [-0.3, -0.25) is 0 Å². The van der Waals surface area contributed by atoms with Crippen LogP contribution in [0.25, 0.3) is 0 Å². The maximum absolute atomic E-state index is 12.8. The van der Waals surface area contributed by atoms with Crippen LogP contribution >= 0.6 is 0 Å². The number of halogens is 1. The molecule has 8 heavy (non-hydrogen) atoms. The van der Waals surface area contributed by atoms with Gasteiger partial charge in [-0.15, -0.1) is 0 Å². The fourth-order valence-electron chi connectivity index (χ4n) is 1.22. The van der Waals surface area contributed by atoms with Crippen LogP contribution in [0.3, 0.4) is 0 Å². The Hall–Kier alpha value is -0.370. The minimum Gasteiger partial charge on any atom is -0.335 e. The molecule has 2 unspecified atom stereocenters. The molecule has 44 valence electrons. The summed E-state index contributed by atoms with van der Waals surface area (Å²) in [5, 5.41) is 0. The summed E-state index contributed by atoms with van der Waals surface area (Å²) < 4.78 is 17.7. The zero-order valence-corrected chi connectivity index (χ0v) is 4.43. The second-order valence-corrected chi connectivity index (χ2v) is 2.34. The van der Waals surface area contributed by atoms with Crippen LogP contribution in [-0.2, 0) is 4.74 Å². The van der Waals surface area contributed by atoms with Gasteiger partial charge in [-0.25, -0.2) is 4.39 Å². The van der Waals surface area contributed by atoms with Crippen LogP contribution in [0.4, 0.5) is 4.39 Å². The summed E-state index contributed by atoms with van der Waals surface area (Å²) in [5.74, 6) is -1.37. The number of rotatable bonds is 0. The summed E-state index contributed by atoms with van der Waals surface area (Å²) in [7, 11) is 0. The van der Waals surface area contributed by atoms with Crippen molar-refractivity contribution in [3.05, 3.63) is 12.2 Å². The molecule has 0 aromatic heterocycles. The number of hydrogen-bond acceptors (Lipinski definition) is 1. The molecule has 1 saturated heterocycles. The average molecular weight is 114 g/mol. The third-order valence-corrected chi connectivity index (χ3v) is 1.68. The van der Waals surface area contributed by atoms with E-state index in [1.165, 1.54) is 6.08 Å². The Kier molecular flexibility index (Phi) is 0.637. The highest BCUT2D eigenvalue weighted by Crippen LogP contribution is 2.38. The van der Waals surface area contributed by atoms with E-state index < -0.39 is 5.85 Å². The molecule has 0 spiro atoms. The Morgan fingerprint density at radius 3 is 2.75 bits per heavy atom. The molecule has 2 atom stereocenters. The van der Waals surface area contributed by atoms with Crippen molar-refractivity contribution in [2.75, 3.05) is 0 Å². The first kappa shape index (κ1) is 4.50. The molecule has 0 amide bonds. The Bertz CT molecular complexity index is 143. The van der Waals surface area contributed by atoms with Gasteiger partial charge in [-0.2, -0.15) is 0 Å². The fourth-order valence-corrected chi connectivity index (χ4v) is 1.22. The SMILES string of the molecule is FC12C=CC(CC1)O2. The molecule has 2 heteroatoms. The van der Waals surface area contributed by atoms with Crippen LogP contribution in [-0.4, -0.2) is 12.0 Å². The first-order valence-electron chi connectivity index (χ1n) is 2.85. The van der Waals surface area contributed by atoms with Crippen LogP contribution in [0.1, 0.15) is 12.8 Å². The lowest BCUT2D eigenvalue weighted by Crippen LogP contribution is -2.13. The smallest absolute Gasteiger partial charge is 0.229 e. The molecule has 0 aromatic rings. The van der Waals surface area contributed by atoms with E-state index in [0.29, 0.717) is 6.42 Å². The largest absolute Gasteiger partial charge is 0.335 e. The van der Waals surface area contributed by atoms with Gasteiger partial charge in [0.05, 0.1) is 6.10 Å². The molecule has 0 N–H and O–H groups in total. The highest BCUT2D eigenvalue weighted by atomic mass is 19.2. The van der Waals surface area contributed by atoms with E-state index in [4.69, 9.17) is 4.74 Å². The van der Waals surface area contributed by atoms with Gasteiger partial charge < -0.3 is 4.74 Å². The number of ether oxygens (including phenoxy) is 1. The number of fused-ring (bicyclic) bond motifs is 2. The average Bonchev–Trinajstić information content (AvgIpc) is 2.21. The number of hydrogen-bond donors (Lipinski definition) is 0. The van der Waals surface area contributed by atoms with Crippen molar-refractivity contribution in [1.29, 1.82) is 0 Å². The van der Waals surface area contributed by atoms with Crippen molar-refractivity contribution in [3.8, 4) is 0 Å². The lowest BCUT2D eigenvalue weighted by atomic mass is 10.1. The molecule has 2 aliphatic heterocycles. The van der Waals surface area contributed by atoms with E-state index in [2.05, 4.69) is 0 Å². The van der Waals surface area contributed by atoms with Crippen LogP contribution < -0.4 is 0 Å². The summed E-state index contributed by atoms with van der Waals surface area (Å²) in [6.07, 6.45) is 4.80. The van der Waals surface area contributed by atoms with Crippen LogP contribution in [0.2, 0.25) is 0 Å². The van der Waals surface area contributed by atoms with E-state index >= 15 is 0 Å². The zero-order valence-electron chi connectivity index (χ0n) is 4.43. The van der Waals surface area contributed by atoms with Gasteiger partial charge in [0.2, 0.25) is 5.85 Å². The summed E-state index contributed by atoms with van der Waals surface area (Å²) >= 11 is 0. The summed E-state index contributed by atoms with van der Waals surface area (Å²) in [6, 6.07) is 0. The Morgan fingerprint density at radius 1 is 1.75 bits per heavy atom.